The van der Waals surface area contributed by atoms with Crippen molar-refractivity contribution in [3.05, 3.63) is 34.6 Å². The predicted molar refractivity (Wildman–Crippen MR) is 54.5 cm³/mol. The van der Waals surface area contributed by atoms with Crippen LogP contribution < -0.4 is 0 Å². The largest absolute Gasteiger partial charge is 0.207 e. The van der Waals surface area contributed by atoms with E-state index in [2.05, 4.69) is 13.8 Å². The lowest BCUT2D eigenvalue weighted by Gasteiger charge is -2.08. The van der Waals surface area contributed by atoms with Crippen molar-refractivity contribution < 1.29 is 4.39 Å². The third kappa shape index (κ3) is 2.30. The molecule has 0 saturated heterocycles. The molecule has 1 aromatic carbocycles. The van der Waals surface area contributed by atoms with Crippen LogP contribution in [0.3, 0.4) is 0 Å². The summed E-state index contributed by atoms with van der Waals surface area (Å²) in [4.78, 5) is 0. The molecular weight excluding hydrogens is 163 g/mol. The molecule has 72 valence electrons. The van der Waals surface area contributed by atoms with E-state index in [4.69, 9.17) is 0 Å². The van der Waals surface area contributed by atoms with Gasteiger partial charge in [0.15, 0.2) is 0 Å². The highest BCUT2D eigenvalue weighted by Gasteiger charge is 2.04. The van der Waals surface area contributed by atoms with Gasteiger partial charge in [-0.3, -0.25) is 0 Å². The number of aryl methyl sites for hydroxylation is 3. The van der Waals surface area contributed by atoms with Crippen LogP contribution in [0.15, 0.2) is 12.1 Å². The summed E-state index contributed by atoms with van der Waals surface area (Å²) >= 11 is 0. The van der Waals surface area contributed by atoms with Crippen LogP contribution in [0.5, 0.6) is 0 Å². The van der Waals surface area contributed by atoms with E-state index in [9.17, 15) is 4.39 Å². The minimum absolute atomic E-state index is 0.0688. The van der Waals surface area contributed by atoms with Crippen LogP contribution in [0.4, 0.5) is 4.39 Å². The average molecular weight is 180 g/mol. The van der Waals surface area contributed by atoms with E-state index in [1.54, 1.807) is 6.07 Å². The molecule has 0 radical (unpaired) electrons. The first-order valence-corrected chi connectivity index (χ1v) is 4.97. The summed E-state index contributed by atoms with van der Waals surface area (Å²) < 4.78 is 13.2. The average Bonchev–Trinajstić information content (AvgIpc) is 2.11. The molecule has 1 rings (SSSR count). The SMILES string of the molecule is CCCc1cc(F)c(C)cc1CC. The van der Waals surface area contributed by atoms with Gasteiger partial charge >= 0.3 is 0 Å². The normalized spacial score (nSPS) is 10.5. The Morgan fingerprint density at radius 1 is 1.15 bits per heavy atom. The monoisotopic (exact) mass is 180 g/mol. The van der Waals surface area contributed by atoms with Gasteiger partial charge in [-0.05, 0) is 42.5 Å². The molecule has 0 aliphatic carbocycles. The fourth-order valence-electron chi connectivity index (χ4n) is 1.61. The molecule has 0 amide bonds. The standard InChI is InChI=1S/C12H17F/c1-4-6-11-8-12(13)9(3)7-10(11)5-2/h7-8H,4-6H2,1-3H3. The molecule has 0 spiro atoms. The maximum absolute atomic E-state index is 13.2. The van der Waals surface area contributed by atoms with Gasteiger partial charge in [0, 0.05) is 0 Å². The second-order valence-corrected chi connectivity index (χ2v) is 3.47. The number of hydrogen-bond donors (Lipinski definition) is 0. The Kier molecular flexibility index (Phi) is 3.47. The summed E-state index contributed by atoms with van der Waals surface area (Å²) in [6.07, 6.45) is 3.06. The maximum atomic E-state index is 13.2. The molecule has 0 saturated carbocycles. The van der Waals surface area contributed by atoms with Gasteiger partial charge in [-0.25, -0.2) is 4.39 Å². The van der Waals surface area contributed by atoms with E-state index in [1.165, 1.54) is 11.1 Å². The zero-order valence-corrected chi connectivity index (χ0v) is 8.65. The van der Waals surface area contributed by atoms with Crippen LogP contribution in [-0.2, 0) is 12.8 Å². The van der Waals surface area contributed by atoms with E-state index in [0.29, 0.717) is 0 Å². The molecule has 0 aliphatic rings. The van der Waals surface area contributed by atoms with Gasteiger partial charge in [-0.15, -0.1) is 0 Å². The Hall–Kier alpha value is -0.850. The smallest absolute Gasteiger partial charge is 0.126 e. The first-order valence-electron chi connectivity index (χ1n) is 4.97. The fourth-order valence-corrected chi connectivity index (χ4v) is 1.61. The molecule has 0 fully saturated rings. The van der Waals surface area contributed by atoms with Crippen LogP contribution in [0.1, 0.15) is 37.0 Å². The predicted octanol–water partition coefficient (Wildman–Crippen LogP) is 3.65. The second kappa shape index (κ2) is 4.40. The molecule has 0 N–H and O–H groups in total. The van der Waals surface area contributed by atoms with Crippen molar-refractivity contribution in [3.63, 3.8) is 0 Å². The van der Waals surface area contributed by atoms with Gasteiger partial charge in [0.1, 0.15) is 5.82 Å². The minimum Gasteiger partial charge on any atom is -0.207 e. The van der Waals surface area contributed by atoms with Gasteiger partial charge in [0.2, 0.25) is 0 Å². The van der Waals surface area contributed by atoms with Crippen molar-refractivity contribution in [3.8, 4) is 0 Å². The Morgan fingerprint density at radius 3 is 2.38 bits per heavy atom. The number of rotatable bonds is 3. The third-order valence-electron chi connectivity index (χ3n) is 2.38. The quantitative estimate of drug-likeness (QED) is 0.666. The molecule has 0 atom stereocenters. The lowest BCUT2D eigenvalue weighted by molar-refractivity contribution is 0.614. The molecule has 13 heavy (non-hydrogen) atoms. The zero-order chi connectivity index (χ0) is 9.84. The molecule has 0 nitrogen and oxygen atoms in total. The first kappa shape index (κ1) is 10.2. The summed E-state index contributed by atoms with van der Waals surface area (Å²) in [7, 11) is 0. The van der Waals surface area contributed by atoms with E-state index in [1.807, 2.05) is 13.0 Å². The third-order valence-corrected chi connectivity index (χ3v) is 2.38. The van der Waals surface area contributed by atoms with Gasteiger partial charge in [0.05, 0.1) is 0 Å². The Balaban J connectivity index is 3.09. The summed E-state index contributed by atoms with van der Waals surface area (Å²) in [5.41, 5.74) is 3.23. The maximum Gasteiger partial charge on any atom is 0.126 e. The van der Waals surface area contributed by atoms with Crippen LogP contribution in [0.2, 0.25) is 0 Å². The molecular formula is C12H17F. The summed E-state index contributed by atoms with van der Waals surface area (Å²) in [5.74, 6) is -0.0688. The summed E-state index contributed by atoms with van der Waals surface area (Å²) in [5, 5.41) is 0. The highest BCUT2D eigenvalue weighted by atomic mass is 19.1. The number of hydrogen-bond acceptors (Lipinski definition) is 0. The van der Waals surface area contributed by atoms with Gasteiger partial charge in [-0.1, -0.05) is 26.3 Å². The number of halogens is 1. The van der Waals surface area contributed by atoms with Crippen molar-refractivity contribution in [2.45, 2.75) is 40.0 Å². The number of benzene rings is 1. The van der Waals surface area contributed by atoms with E-state index in [-0.39, 0.29) is 5.82 Å². The van der Waals surface area contributed by atoms with E-state index < -0.39 is 0 Å². The first-order chi connectivity index (χ1) is 6.19. The van der Waals surface area contributed by atoms with Crippen LogP contribution >= 0.6 is 0 Å². The Labute approximate surface area is 79.8 Å². The van der Waals surface area contributed by atoms with Gasteiger partial charge in [-0.2, -0.15) is 0 Å². The summed E-state index contributed by atoms with van der Waals surface area (Å²) in [6, 6.07) is 3.66. The highest BCUT2D eigenvalue weighted by molar-refractivity contribution is 5.32. The molecule has 1 heteroatoms. The van der Waals surface area contributed by atoms with Crippen molar-refractivity contribution in [1.82, 2.24) is 0 Å². The van der Waals surface area contributed by atoms with Crippen molar-refractivity contribution >= 4 is 0 Å². The zero-order valence-electron chi connectivity index (χ0n) is 8.65. The van der Waals surface area contributed by atoms with Crippen LogP contribution in [0.25, 0.3) is 0 Å². The molecule has 0 aliphatic heterocycles. The van der Waals surface area contributed by atoms with Crippen LogP contribution in [0, 0.1) is 12.7 Å². The fraction of sp³-hybridized carbons (Fsp3) is 0.500. The summed E-state index contributed by atoms with van der Waals surface area (Å²) in [6.45, 7) is 6.06. The lowest BCUT2D eigenvalue weighted by Crippen LogP contribution is -1.96. The topological polar surface area (TPSA) is 0 Å². The molecule has 0 heterocycles. The Morgan fingerprint density at radius 2 is 1.85 bits per heavy atom. The van der Waals surface area contributed by atoms with E-state index >= 15 is 0 Å². The molecule has 0 unspecified atom stereocenters. The lowest BCUT2D eigenvalue weighted by atomic mass is 9.99. The molecule has 0 aromatic heterocycles. The van der Waals surface area contributed by atoms with Gasteiger partial charge < -0.3 is 0 Å². The van der Waals surface area contributed by atoms with Gasteiger partial charge in [0.25, 0.3) is 0 Å². The minimum atomic E-state index is -0.0688. The Bertz CT molecular complexity index is 289. The molecule has 0 bridgehead atoms. The van der Waals surface area contributed by atoms with Crippen molar-refractivity contribution in [2.75, 3.05) is 0 Å². The highest BCUT2D eigenvalue weighted by Crippen LogP contribution is 2.17. The molecule has 1 aromatic rings. The van der Waals surface area contributed by atoms with Crippen molar-refractivity contribution in [2.24, 2.45) is 0 Å². The van der Waals surface area contributed by atoms with Crippen molar-refractivity contribution in [1.29, 1.82) is 0 Å². The second-order valence-electron chi connectivity index (χ2n) is 3.47. The van der Waals surface area contributed by atoms with Crippen LogP contribution in [-0.4, -0.2) is 0 Å². The van der Waals surface area contributed by atoms with E-state index in [0.717, 1.165) is 24.8 Å².